The summed E-state index contributed by atoms with van der Waals surface area (Å²) in [5.41, 5.74) is 2.57. The van der Waals surface area contributed by atoms with Gasteiger partial charge in [0, 0.05) is 11.0 Å². The van der Waals surface area contributed by atoms with Gasteiger partial charge in [-0.3, -0.25) is 4.90 Å². The van der Waals surface area contributed by atoms with E-state index in [-0.39, 0.29) is 11.8 Å². The number of phenols is 1. The molecule has 6 nitrogen and oxygen atoms in total. The first-order chi connectivity index (χ1) is 16.2. The summed E-state index contributed by atoms with van der Waals surface area (Å²) in [6.07, 6.45) is 2.88. The fourth-order valence-corrected chi connectivity index (χ4v) is 5.03. The molecule has 0 radical (unpaired) electrons. The maximum atomic E-state index is 12.6. The number of nitrogens with zero attached hydrogens (tertiary/aromatic N) is 3. The van der Waals surface area contributed by atoms with Gasteiger partial charge in [0.1, 0.15) is 12.0 Å². The van der Waals surface area contributed by atoms with E-state index in [1.165, 1.54) is 0 Å². The molecule has 1 atom stereocenters. The third kappa shape index (κ3) is 3.94. The summed E-state index contributed by atoms with van der Waals surface area (Å²) in [5.74, 6) is 1.10. The molecule has 4 aromatic rings. The predicted molar refractivity (Wildman–Crippen MR) is 125 cm³/mol. The van der Waals surface area contributed by atoms with Gasteiger partial charge in [0.2, 0.25) is 11.7 Å². The molecule has 1 N–H and O–H groups in total. The lowest BCUT2D eigenvalue weighted by molar-refractivity contribution is -0.116. The van der Waals surface area contributed by atoms with Gasteiger partial charge in [-0.15, -0.1) is 0 Å². The zero-order chi connectivity index (χ0) is 22.7. The summed E-state index contributed by atoms with van der Waals surface area (Å²) in [7, 11) is 0. The quantitative estimate of drug-likeness (QED) is 0.443. The highest BCUT2D eigenvalue weighted by Gasteiger charge is 2.47. The van der Waals surface area contributed by atoms with Gasteiger partial charge in [-0.1, -0.05) is 65.8 Å². The van der Waals surface area contributed by atoms with Crippen molar-refractivity contribution in [3.8, 4) is 17.1 Å². The summed E-state index contributed by atoms with van der Waals surface area (Å²) in [4.78, 5) is 19.3. The van der Waals surface area contributed by atoms with Gasteiger partial charge < -0.3 is 14.4 Å². The topological polar surface area (TPSA) is 79.5 Å². The Morgan fingerprint density at radius 2 is 1.61 bits per heavy atom. The first-order valence-electron chi connectivity index (χ1n) is 11.1. The van der Waals surface area contributed by atoms with E-state index in [0.717, 1.165) is 42.4 Å². The SMILES string of the molecule is O=CC1N(Cc2nc(-c3ccc(O)cc3)no2)CCCC1(c1ccccc1)c1ccccc1. The van der Waals surface area contributed by atoms with Gasteiger partial charge in [-0.05, 0) is 54.8 Å². The molecule has 33 heavy (non-hydrogen) atoms. The minimum absolute atomic E-state index is 0.183. The van der Waals surface area contributed by atoms with E-state index in [1.54, 1.807) is 24.3 Å². The molecule has 1 aliphatic heterocycles. The Hall–Kier alpha value is -3.77. The Balaban J connectivity index is 1.49. The van der Waals surface area contributed by atoms with Crippen molar-refractivity contribution in [1.82, 2.24) is 15.0 Å². The van der Waals surface area contributed by atoms with Crippen molar-refractivity contribution in [1.29, 1.82) is 0 Å². The van der Waals surface area contributed by atoms with Gasteiger partial charge >= 0.3 is 0 Å². The number of piperidine rings is 1. The number of carbonyl (C=O) groups excluding carboxylic acids is 1. The van der Waals surface area contributed by atoms with E-state index in [4.69, 9.17) is 4.52 Å². The van der Waals surface area contributed by atoms with Crippen molar-refractivity contribution in [2.24, 2.45) is 0 Å². The molecule has 0 aliphatic carbocycles. The molecule has 1 fully saturated rings. The van der Waals surface area contributed by atoms with Crippen LogP contribution in [0.5, 0.6) is 5.75 Å². The molecule has 0 saturated carbocycles. The molecular formula is C27H25N3O3. The Morgan fingerprint density at radius 1 is 0.970 bits per heavy atom. The van der Waals surface area contributed by atoms with Crippen LogP contribution in [0.4, 0.5) is 0 Å². The Kier molecular flexibility index (Phi) is 5.75. The fourth-order valence-electron chi connectivity index (χ4n) is 5.03. The van der Waals surface area contributed by atoms with Crippen molar-refractivity contribution < 1.29 is 14.4 Å². The second kappa shape index (κ2) is 9.00. The van der Waals surface area contributed by atoms with Crippen LogP contribution in [0, 0.1) is 0 Å². The van der Waals surface area contributed by atoms with Gasteiger partial charge in [-0.25, -0.2) is 0 Å². The van der Waals surface area contributed by atoms with E-state index in [1.807, 2.05) is 36.4 Å². The maximum Gasteiger partial charge on any atom is 0.241 e. The number of hydrogen-bond donors (Lipinski definition) is 1. The standard InChI is InChI=1S/C27H25N3O3/c31-19-24-27(21-8-3-1-4-9-21,22-10-5-2-6-11-22)16-7-17-30(24)18-25-28-26(29-33-25)20-12-14-23(32)15-13-20/h1-6,8-15,19,24,32H,7,16-18H2. The number of benzene rings is 3. The number of aldehydes is 1. The predicted octanol–water partition coefficient (Wildman–Crippen LogP) is 4.59. The number of rotatable bonds is 6. The molecule has 3 aromatic carbocycles. The third-order valence-electron chi connectivity index (χ3n) is 6.55. The Morgan fingerprint density at radius 3 is 2.21 bits per heavy atom. The minimum atomic E-state index is -0.456. The summed E-state index contributed by atoms with van der Waals surface area (Å²) >= 11 is 0. The summed E-state index contributed by atoms with van der Waals surface area (Å²) < 4.78 is 5.54. The molecule has 1 aromatic heterocycles. The summed E-state index contributed by atoms with van der Waals surface area (Å²) in [6, 6.07) is 26.9. The smallest absolute Gasteiger partial charge is 0.241 e. The van der Waals surface area contributed by atoms with Crippen LogP contribution in [0.15, 0.2) is 89.5 Å². The number of phenolic OH excluding ortho intramolecular Hbond substituents is 1. The fraction of sp³-hybridized carbons (Fsp3) is 0.222. The van der Waals surface area contributed by atoms with Crippen LogP contribution in [0.1, 0.15) is 29.9 Å². The highest BCUT2D eigenvalue weighted by Crippen LogP contribution is 2.44. The van der Waals surface area contributed by atoms with Gasteiger partial charge in [-0.2, -0.15) is 4.98 Å². The van der Waals surface area contributed by atoms with Crippen LogP contribution in [-0.4, -0.2) is 39.0 Å². The molecule has 0 amide bonds. The number of hydrogen-bond acceptors (Lipinski definition) is 6. The Bertz CT molecular complexity index is 1170. The second-order valence-electron chi connectivity index (χ2n) is 8.42. The van der Waals surface area contributed by atoms with E-state index in [2.05, 4.69) is 39.3 Å². The average Bonchev–Trinajstić information content (AvgIpc) is 3.34. The monoisotopic (exact) mass is 439 g/mol. The van der Waals surface area contributed by atoms with Gasteiger partial charge in [0.25, 0.3) is 0 Å². The average molecular weight is 440 g/mol. The number of aromatic hydroxyl groups is 1. The lowest BCUT2D eigenvalue weighted by Crippen LogP contribution is -2.56. The highest BCUT2D eigenvalue weighted by molar-refractivity contribution is 5.66. The van der Waals surface area contributed by atoms with E-state index in [0.29, 0.717) is 18.3 Å². The molecule has 166 valence electrons. The van der Waals surface area contributed by atoms with E-state index in [9.17, 15) is 9.90 Å². The summed E-state index contributed by atoms with van der Waals surface area (Å²) in [6.45, 7) is 1.15. The second-order valence-corrected chi connectivity index (χ2v) is 8.42. The number of aromatic nitrogens is 2. The van der Waals surface area contributed by atoms with Crippen molar-refractivity contribution >= 4 is 6.29 Å². The van der Waals surface area contributed by atoms with Crippen molar-refractivity contribution in [2.75, 3.05) is 6.54 Å². The van der Waals surface area contributed by atoms with Crippen molar-refractivity contribution in [2.45, 2.75) is 30.8 Å². The minimum Gasteiger partial charge on any atom is -0.508 e. The molecule has 1 saturated heterocycles. The van der Waals surface area contributed by atoms with Crippen molar-refractivity contribution in [3.05, 3.63) is 102 Å². The number of likely N-dealkylation sites (tertiary alicyclic amines) is 1. The largest absolute Gasteiger partial charge is 0.508 e. The number of carbonyl (C=O) groups is 1. The summed E-state index contributed by atoms with van der Waals surface area (Å²) in [5, 5.41) is 13.6. The first-order valence-corrected chi connectivity index (χ1v) is 11.1. The van der Waals surface area contributed by atoms with Gasteiger partial charge in [0.05, 0.1) is 12.6 Å². The third-order valence-corrected chi connectivity index (χ3v) is 6.55. The van der Waals surface area contributed by atoms with Crippen LogP contribution >= 0.6 is 0 Å². The van der Waals surface area contributed by atoms with Crippen LogP contribution < -0.4 is 0 Å². The van der Waals surface area contributed by atoms with Crippen molar-refractivity contribution in [3.63, 3.8) is 0 Å². The molecule has 5 rings (SSSR count). The lowest BCUT2D eigenvalue weighted by atomic mass is 9.64. The van der Waals surface area contributed by atoms with Crippen LogP contribution in [-0.2, 0) is 16.8 Å². The first kappa shape index (κ1) is 21.1. The molecule has 1 aliphatic rings. The van der Waals surface area contributed by atoms with Crippen LogP contribution in [0.25, 0.3) is 11.4 Å². The zero-order valence-electron chi connectivity index (χ0n) is 18.2. The molecule has 2 heterocycles. The normalized spacial score (nSPS) is 18.1. The Labute approximate surface area is 192 Å². The van der Waals surface area contributed by atoms with Crippen LogP contribution in [0.3, 0.4) is 0 Å². The highest BCUT2D eigenvalue weighted by atomic mass is 16.5. The zero-order valence-corrected chi connectivity index (χ0v) is 18.2. The van der Waals surface area contributed by atoms with Crippen LogP contribution in [0.2, 0.25) is 0 Å². The van der Waals surface area contributed by atoms with Gasteiger partial charge in [0.15, 0.2) is 0 Å². The van der Waals surface area contributed by atoms with E-state index >= 15 is 0 Å². The van der Waals surface area contributed by atoms with E-state index < -0.39 is 5.41 Å². The molecular weight excluding hydrogens is 414 g/mol. The molecule has 0 spiro atoms. The molecule has 1 unspecified atom stereocenters. The lowest BCUT2D eigenvalue weighted by Gasteiger charge is -2.48. The molecule has 6 heteroatoms. The molecule has 0 bridgehead atoms. The maximum absolute atomic E-state index is 12.6.